The molecule has 5 fully saturated rings. The number of rotatable bonds is 7. The quantitative estimate of drug-likeness (QED) is 0.246. The van der Waals surface area contributed by atoms with E-state index < -0.39 is 81.0 Å². The molecule has 1 N–H and O–H groups in total. The average molecular weight is 660 g/mol. The lowest BCUT2D eigenvalue weighted by molar-refractivity contribution is -0.163. The number of carboxylic acid groups (broad SMARTS) is 1. The maximum Gasteiger partial charge on any atom is 0.433 e. The van der Waals surface area contributed by atoms with Gasteiger partial charge in [-0.3, -0.25) is 19.1 Å². The molecule has 7 rings (SSSR count). The molecule has 3 atom stereocenters. The minimum absolute atomic E-state index is 0.0459. The fourth-order valence-electron chi connectivity index (χ4n) is 8.47. The molecule has 0 saturated heterocycles. The normalized spacial score (nSPS) is 30.2. The SMILES string of the molecule is CC1(C)[C@@H]2CC(N(CC(=O)c3c(Cl)cccc3C(F)(F)F)C(=O)c3cnn(C45CCC(C(=O)O)(CC4)CC5)c3C(F)(F)F)C[C@@H]21. The number of ketones is 1. The summed E-state index contributed by atoms with van der Waals surface area (Å²) < 4.78 is 86.8. The Labute approximate surface area is 259 Å². The smallest absolute Gasteiger partial charge is 0.433 e. The van der Waals surface area contributed by atoms with Gasteiger partial charge in [-0.2, -0.15) is 31.4 Å². The van der Waals surface area contributed by atoms with Crippen LogP contribution in [0.2, 0.25) is 5.02 Å². The van der Waals surface area contributed by atoms with Crippen LogP contribution in [0.15, 0.2) is 24.4 Å². The van der Waals surface area contributed by atoms with E-state index >= 15 is 0 Å². The van der Waals surface area contributed by atoms with Gasteiger partial charge < -0.3 is 10.0 Å². The first-order chi connectivity index (χ1) is 20.8. The van der Waals surface area contributed by atoms with Gasteiger partial charge in [0.1, 0.15) is 0 Å². The molecule has 1 unspecified atom stereocenters. The summed E-state index contributed by atoms with van der Waals surface area (Å²) >= 11 is 6.05. The Morgan fingerprint density at radius 1 is 0.978 bits per heavy atom. The highest BCUT2D eigenvalue weighted by Gasteiger charge is 2.63. The lowest BCUT2D eigenvalue weighted by Gasteiger charge is -2.51. The van der Waals surface area contributed by atoms with Crippen molar-refractivity contribution in [3.8, 4) is 0 Å². The maximum atomic E-state index is 14.8. The molecule has 244 valence electrons. The first-order valence-electron chi connectivity index (χ1n) is 14.9. The number of carbonyl (C=O) groups excluding carboxylic acids is 2. The summed E-state index contributed by atoms with van der Waals surface area (Å²) in [6.45, 7) is 3.17. The first-order valence-corrected chi connectivity index (χ1v) is 15.3. The van der Waals surface area contributed by atoms with Gasteiger partial charge in [0, 0.05) is 6.04 Å². The average Bonchev–Trinajstić information content (AvgIpc) is 3.40. The molecule has 2 bridgehead atoms. The molecule has 0 aliphatic heterocycles. The molecule has 0 radical (unpaired) electrons. The van der Waals surface area contributed by atoms with Crippen LogP contribution in [0.25, 0.3) is 0 Å². The van der Waals surface area contributed by atoms with E-state index in [0.717, 1.165) is 27.9 Å². The highest BCUT2D eigenvalue weighted by Crippen LogP contribution is 2.67. The zero-order valence-corrected chi connectivity index (χ0v) is 25.3. The van der Waals surface area contributed by atoms with Crippen LogP contribution >= 0.6 is 11.6 Å². The molecule has 5 saturated carbocycles. The second-order valence-electron chi connectivity index (χ2n) is 13.8. The Morgan fingerprint density at radius 3 is 2.07 bits per heavy atom. The van der Waals surface area contributed by atoms with Crippen molar-refractivity contribution in [2.24, 2.45) is 22.7 Å². The van der Waals surface area contributed by atoms with Crippen LogP contribution in [0.3, 0.4) is 0 Å². The maximum absolute atomic E-state index is 14.8. The number of alkyl halides is 6. The molecule has 45 heavy (non-hydrogen) atoms. The highest BCUT2D eigenvalue weighted by molar-refractivity contribution is 6.34. The van der Waals surface area contributed by atoms with Gasteiger partial charge in [0.15, 0.2) is 11.5 Å². The van der Waals surface area contributed by atoms with Crippen molar-refractivity contribution in [1.82, 2.24) is 14.7 Å². The van der Waals surface area contributed by atoms with Gasteiger partial charge >= 0.3 is 18.3 Å². The lowest BCUT2D eigenvalue weighted by atomic mass is 9.57. The van der Waals surface area contributed by atoms with Crippen LogP contribution in [-0.2, 0) is 22.7 Å². The van der Waals surface area contributed by atoms with Gasteiger partial charge in [0.2, 0.25) is 0 Å². The highest BCUT2D eigenvalue weighted by atomic mass is 35.5. The number of hydrogen-bond donors (Lipinski definition) is 1. The van der Waals surface area contributed by atoms with Crippen LogP contribution < -0.4 is 0 Å². The number of halogens is 7. The Hall–Kier alpha value is -3.09. The van der Waals surface area contributed by atoms with Crippen molar-refractivity contribution >= 4 is 29.3 Å². The van der Waals surface area contributed by atoms with Gasteiger partial charge in [-0.05, 0) is 80.8 Å². The minimum atomic E-state index is -5.04. The number of Topliss-reactive ketones (excluding diaryl/α,β-unsaturated/α-hetero) is 1. The Bertz CT molecular complexity index is 1540. The molecular formula is C31H32ClF6N3O4. The standard InChI is InChI=1S/C31H32ClF6N3O4/c1-27(2)19-12-16(13-20(19)27)40(15-22(42)23-18(30(33,34)35)4-3-5-21(23)32)25(43)17-14-39-41(24(17)31(36,37)38)29-9-6-28(7-10-29,8-11-29)26(44)45/h3-5,14,16,19-20H,6-13,15H2,1-2H3,(H,44,45)/t16?,19-,20+,28?,29?. The number of carbonyl (C=O) groups is 3. The minimum Gasteiger partial charge on any atom is -0.481 e. The lowest BCUT2D eigenvalue weighted by Crippen LogP contribution is -2.52. The van der Waals surface area contributed by atoms with Gasteiger partial charge in [0.05, 0.1) is 45.4 Å². The zero-order valence-electron chi connectivity index (χ0n) is 24.6. The number of hydrogen-bond acceptors (Lipinski definition) is 4. The Morgan fingerprint density at radius 2 is 1.56 bits per heavy atom. The van der Waals surface area contributed by atoms with E-state index in [9.17, 15) is 45.8 Å². The van der Waals surface area contributed by atoms with Crippen LogP contribution in [0, 0.1) is 22.7 Å². The van der Waals surface area contributed by atoms with Gasteiger partial charge in [-0.1, -0.05) is 31.5 Å². The van der Waals surface area contributed by atoms with Crippen LogP contribution in [0.1, 0.15) is 97.2 Å². The molecule has 7 nitrogen and oxygen atoms in total. The monoisotopic (exact) mass is 659 g/mol. The Kier molecular flexibility index (Phi) is 7.23. The molecular weight excluding hydrogens is 628 g/mol. The van der Waals surface area contributed by atoms with Crippen molar-refractivity contribution in [2.75, 3.05) is 6.54 Å². The molecule has 1 heterocycles. The molecule has 1 aromatic carbocycles. The van der Waals surface area contributed by atoms with E-state index in [-0.39, 0.29) is 55.8 Å². The van der Waals surface area contributed by atoms with E-state index in [0.29, 0.717) is 18.9 Å². The topological polar surface area (TPSA) is 92.5 Å². The number of carboxylic acids is 1. The van der Waals surface area contributed by atoms with Gasteiger partial charge in [-0.25, -0.2) is 0 Å². The second-order valence-corrected chi connectivity index (χ2v) is 14.2. The number of aromatic nitrogens is 2. The third-order valence-corrected chi connectivity index (χ3v) is 11.6. The van der Waals surface area contributed by atoms with Gasteiger partial charge in [0.25, 0.3) is 5.91 Å². The summed E-state index contributed by atoms with van der Waals surface area (Å²) in [7, 11) is 0. The third-order valence-electron chi connectivity index (χ3n) is 11.3. The van der Waals surface area contributed by atoms with E-state index in [2.05, 4.69) is 5.10 Å². The van der Waals surface area contributed by atoms with Crippen molar-refractivity contribution < 1.29 is 45.8 Å². The fraction of sp³-hybridized carbons (Fsp3) is 0.613. The molecule has 14 heteroatoms. The van der Waals surface area contributed by atoms with Crippen molar-refractivity contribution in [3.63, 3.8) is 0 Å². The number of fused-ring (bicyclic) bond motifs is 4. The van der Waals surface area contributed by atoms with E-state index in [1.165, 1.54) is 0 Å². The summed E-state index contributed by atoms with van der Waals surface area (Å²) in [5.41, 5.74) is -6.40. The second kappa shape index (κ2) is 10.2. The van der Waals surface area contributed by atoms with Crippen molar-refractivity contribution in [1.29, 1.82) is 0 Å². The Balaban J connectivity index is 1.38. The molecule has 2 aromatic rings. The predicted octanol–water partition coefficient (Wildman–Crippen LogP) is 7.47. The van der Waals surface area contributed by atoms with Gasteiger partial charge in [-0.15, -0.1) is 0 Å². The molecule has 5 aliphatic carbocycles. The molecule has 1 aromatic heterocycles. The first kappa shape index (κ1) is 31.9. The van der Waals surface area contributed by atoms with E-state index in [1.54, 1.807) is 0 Å². The molecule has 0 spiro atoms. The number of amides is 1. The number of aliphatic carboxylic acids is 1. The largest absolute Gasteiger partial charge is 0.481 e. The van der Waals surface area contributed by atoms with Crippen LogP contribution in [0.4, 0.5) is 26.3 Å². The fourth-order valence-corrected chi connectivity index (χ4v) is 8.75. The van der Waals surface area contributed by atoms with Crippen molar-refractivity contribution in [2.45, 2.75) is 89.1 Å². The van der Waals surface area contributed by atoms with Crippen molar-refractivity contribution in [3.05, 3.63) is 51.8 Å². The van der Waals surface area contributed by atoms with E-state index in [4.69, 9.17) is 11.6 Å². The molecule has 1 amide bonds. The van der Waals surface area contributed by atoms with E-state index in [1.807, 2.05) is 13.8 Å². The van der Waals surface area contributed by atoms with Crippen LogP contribution in [-0.4, -0.2) is 50.0 Å². The summed E-state index contributed by atoms with van der Waals surface area (Å²) in [6, 6.07) is 2.17. The predicted molar refractivity (Wildman–Crippen MR) is 149 cm³/mol. The van der Waals surface area contributed by atoms with Crippen LogP contribution in [0.5, 0.6) is 0 Å². The summed E-state index contributed by atoms with van der Waals surface area (Å²) in [4.78, 5) is 40.5. The summed E-state index contributed by atoms with van der Waals surface area (Å²) in [5.74, 6) is -2.95. The number of benzene rings is 1. The zero-order chi connectivity index (χ0) is 32.9. The summed E-state index contributed by atoms with van der Waals surface area (Å²) in [5, 5.41) is 13.3. The summed E-state index contributed by atoms with van der Waals surface area (Å²) in [6.07, 6.45) is -7.47. The third kappa shape index (κ3) is 5.04. The molecule has 5 aliphatic rings. The number of nitrogens with zero attached hydrogens (tertiary/aromatic N) is 3.